The molecule has 2 amide bonds. The Morgan fingerprint density at radius 2 is 1.62 bits per heavy atom. The highest BCUT2D eigenvalue weighted by Gasteiger charge is 2.15. The van der Waals surface area contributed by atoms with Crippen molar-refractivity contribution in [1.29, 1.82) is 0 Å². The van der Waals surface area contributed by atoms with Gasteiger partial charge in [0.2, 0.25) is 0 Å². The molecule has 9 heteroatoms. The van der Waals surface area contributed by atoms with Gasteiger partial charge in [-0.1, -0.05) is 0 Å². The maximum absolute atomic E-state index is 12.3. The summed E-state index contributed by atoms with van der Waals surface area (Å²) in [5, 5.41) is 0. The fourth-order valence-corrected chi connectivity index (χ4v) is 1.76. The molecule has 0 bridgehead atoms. The van der Waals surface area contributed by atoms with Crippen LogP contribution in [-0.2, 0) is 0 Å². The van der Waals surface area contributed by atoms with E-state index in [-0.39, 0.29) is 17.1 Å². The second kappa shape index (κ2) is 7.86. The SMILES string of the molecule is COc1cc(C(=O)NNC(=O)c2ccncc2)ccc1OC(F)F. The van der Waals surface area contributed by atoms with Crippen LogP contribution in [-0.4, -0.2) is 30.5 Å². The summed E-state index contributed by atoms with van der Waals surface area (Å²) < 4.78 is 33.7. The third kappa shape index (κ3) is 4.38. The quantitative estimate of drug-likeness (QED) is 0.812. The van der Waals surface area contributed by atoms with Crippen LogP contribution in [0.1, 0.15) is 20.7 Å². The van der Waals surface area contributed by atoms with Crippen molar-refractivity contribution in [2.45, 2.75) is 6.61 Å². The Bertz CT molecular complexity index is 726. The summed E-state index contributed by atoms with van der Waals surface area (Å²) in [6, 6.07) is 6.59. The number of hydrazine groups is 1. The monoisotopic (exact) mass is 337 g/mol. The summed E-state index contributed by atoms with van der Waals surface area (Å²) in [5.74, 6) is -1.43. The number of benzene rings is 1. The minimum absolute atomic E-state index is 0.0385. The molecule has 0 spiro atoms. The number of carbonyl (C=O) groups excluding carboxylic acids is 2. The molecule has 1 aromatic heterocycles. The number of alkyl halides is 2. The maximum Gasteiger partial charge on any atom is 0.387 e. The number of aromatic nitrogens is 1. The number of rotatable bonds is 5. The number of ether oxygens (including phenoxy) is 2. The first-order valence-electron chi connectivity index (χ1n) is 6.65. The van der Waals surface area contributed by atoms with Gasteiger partial charge in [-0.15, -0.1) is 0 Å². The molecule has 0 aliphatic heterocycles. The zero-order valence-corrected chi connectivity index (χ0v) is 12.5. The Labute approximate surface area is 135 Å². The third-order valence-electron chi connectivity index (χ3n) is 2.87. The zero-order chi connectivity index (χ0) is 17.5. The molecule has 0 aliphatic rings. The van der Waals surface area contributed by atoms with Crippen LogP contribution in [0.5, 0.6) is 11.5 Å². The van der Waals surface area contributed by atoms with Gasteiger partial charge >= 0.3 is 6.61 Å². The maximum atomic E-state index is 12.3. The van der Waals surface area contributed by atoms with Crippen LogP contribution in [0.25, 0.3) is 0 Å². The molecule has 0 radical (unpaired) electrons. The molecule has 0 saturated heterocycles. The van der Waals surface area contributed by atoms with E-state index in [9.17, 15) is 18.4 Å². The van der Waals surface area contributed by atoms with Crippen molar-refractivity contribution in [3.8, 4) is 11.5 Å². The van der Waals surface area contributed by atoms with Crippen LogP contribution in [0.2, 0.25) is 0 Å². The Hall–Kier alpha value is -3.23. The number of halogens is 2. The van der Waals surface area contributed by atoms with Gasteiger partial charge in [0.25, 0.3) is 11.8 Å². The first-order chi connectivity index (χ1) is 11.5. The summed E-state index contributed by atoms with van der Waals surface area (Å²) in [4.78, 5) is 27.6. The number of pyridine rings is 1. The molecule has 0 unspecified atom stereocenters. The Balaban J connectivity index is 2.03. The first-order valence-corrected chi connectivity index (χ1v) is 6.65. The summed E-state index contributed by atoms with van der Waals surface area (Å²) in [6.07, 6.45) is 2.87. The van der Waals surface area contributed by atoms with Crippen molar-refractivity contribution in [3.63, 3.8) is 0 Å². The predicted molar refractivity (Wildman–Crippen MR) is 78.8 cm³/mol. The van der Waals surface area contributed by atoms with Gasteiger partial charge in [-0.05, 0) is 30.3 Å². The molecule has 0 atom stereocenters. The normalized spacial score (nSPS) is 10.2. The molecule has 7 nitrogen and oxygen atoms in total. The smallest absolute Gasteiger partial charge is 0.387 e. The second-order valence-corrected chi connectivity index (χ2v) is 4.39. The number of hydrogen-bond acceptors (Lipinski definition) is 5. The molecular formula is C15H13F2N3O4. The molecule has 2 rings (SSSR count). The van der Waals surface area contributed by atoms with Crippen molar-refractivity contribution in [3.05, 3.63) is 53.9 Å². The number of hydrogen-bond donors (Lipinski definition) is 2. The fraction of sp³-hybridized carbons (Fsp3) is 0.133. The predicted octanol–water partition coefficient (Wildman–Crippen LogP) is 1.77. The number of nitrogens with one attached hydrogen (secondary N) is 2. The van der Waals surface area contributed by atoms with Crippen molar-refractivity contribution in [2.75, 3.05) is 7.11 Å². The van der Waals surface area contributed by atoms with E-state index >= 15 is 0 Å². The van der Waals surface area contributed by atoms with Crippen LogP contribution >= 0.6 is 0 Å². The molecule has 2 N–H and O–H groups in total. The summed E-state index contributed by atoms with van der Waals surface area (Å²) in [6.45, 7) is -3.02. The molecule has 0 saturated carbocycles. The number of nitrogens with zero attached hydrogens (tertiary/aromatic N) is 1. The molecule has 24 heavy (non-hydrogen) atoms. The van der Waals surface area contributed by atoms with Crippen LogP contribution in [0.4, 0.5) is 8.78 Å². The summed E-state index contributed by atoms with van der Waals surface area (Å²) >= 11 is 0. The number of methoxy groups -OCH3 is 1. The van der Waals surface area contributed by atoms with E-state index < -0.39 is 18.4 Å². The molecule has 1 heterocycles. The van der Waals surface area contributed by atoms with Crippen molar-refractivity contribution >= 4 is 11.8 Å². The van der Waals surface area contributed by atoms with Gasteiger partial charge in [0.05, 0.1) is 7.11 Å². The van der Waals surface area contributed by atoms with Crippen LogP contribution in [0.3, 0.4) is 0 Å². The van der Waals surface area contributed by atoms with E-state index in [4.69, 9.17) is 4.74 Å². The Morgan fingerprint density at radius 3 is 2.21 bits per heavy atom. The topological polar surface area (TPSA) is 89.6 Å². The highest BCUT2D eigenvalue weighted by atomic mass is 19.3. The lowest BCUT2D eigenvalue weighted by Crippen LogP contribution is -2.41. The molecule has 1 aromatic carbocycles. The minimum Gasteiger partial charge on any atom is -0.493 e. The second-order valence-electron chi connectivity index (χ2n) is 4.39. The molecular weight excluding hydrogens is 324 g/mol. The van der Waals surface area contributed by atoms with Gasteiger partial charge in [0.15, 0.2) is 11.5 Å². The van der Waals surface area contributed by atoms with Crippen LogP contribution in [0, 0.1) is 0 Å². The average Bonchev–Trinajstić information content (AvgIpc) is 2.60. The van der Waals surface area contributed by atoms with Gasteiger partial charge in [0.1, 0.15) is 0 Å². The lowest BCUT2D eigenvalue weighted by Gasteiger charge is -2.12. The lowest BCUT2D eigenvalue weighted by molar-refractivity contribution is -0.0512. The standard InChI is InChI=1S/C15H13F2N3O4/c1-23-12-8-10(2-3-11(12)24-15(16)17)14(22)20-19-13(21)9-4-6-18-7-5-9/h2-8,15H,1H3,(H,19,21)(H,20,22). The molecule has 0 fully saturated rings. The van der Waals surface area contributed by atoms with Crippen molar-refractivity contribution in [2.24, 2.45) is 0 Å². The van der Waals surface area contributed by atoms with Crippen LogP contribution in [0.15, 0.2) is 42.7 Å². The summed E-state index contributed by atoms with van der Waals surface area (Å²) in [7, 11) is 1.25. The van der Waals surface area contributed by atoms with Gasteiger partial charge in [-0.2, -0.15) is 8.78 Å². The van der Waals surface area contributed by atoms with Gasteiger partial charge in [0, 0.05) is 23.5 Å². The zero-order valence-electron chi connectivity index (χ0n) is 12.5. The van der Waals surface area contributed by atoms with Gasteiger partial charge < -0.3 is 9.47 Å². The van der Waals surface area contributed by atoms with E-state index in [1.165, 1.54) is 49.8 Å². The third-order valence-corrected chi connectivity index (χ3v) is 2.87. The highest BCUT2D eigenvalue weighted by molar-refractivity contribution is 5.99. The average molecular weight is 337 g/mol. The largest absolute Gasteiger partial charge is 0.493 e. The first kappa shape index (κ1) is 17.1. The van der Waals surface area contributed by atoms with Crippen LogP contribution < -0.4 is 20.3 Å². The Morgan fingerprint density at radius 1 is 1.00 bits per heavy atom. The molecule has 0 aliphatic carbocycles. The highest BCUT2D eigenvalue weighted by Crippen LogP contribution is 2.29. The van der Waals surface area contributed by atoms with Crippen molar-refractivity contribution < 1.29 is 27.8 Å². The molecule has 126 valence electrons. The minimum atomic E-state index is -3.02. The van der Waals surface area contributed by atoms with Gasteiger partial charge in [-0.3, -0.25) is 25.4 Å². The van der Waals surface area contributed by atoms with E-state index in [1.54, 1.807) is 0 Å². The Kier molecular flexibility index (Phi) is 5.61. The van der Waals surface area contributed by atoms with E-state index in [0.29, 0.717) is 5.56 Å². The van der Waals surface area contributed by atoms with Gasteiger partial charge in [-0.25, -0.2) is 0 Å². The number of carbonyl (C=O) groups is 2. The number of amides is 2. The fourth-order valence-electron chi connectivity index (χ4n) is 1.76. The summed E-state index contributed by atoms with van der Waals surface area (Å²) in [5.41, 5.74) is 4.82. The lowest BCUT2D eigenvalue weighted by atomic mass is 10.2. The van der Waals surface area contributed by atoms with E-state index in [1.807, 2.05) is 0 Å². The molecule has 2 aromatic rings. The van der Waals surface area contributed by atoms with E-state index in [0.717, 1.165) is 0 Å². The van der Waals surface area contributed by atoms with Crippen molar-refractivity contribution in [1.82, 2.24) is 15.8 Å². The van der Waals surface area contributed by atoms with E-state index in [2.05, 4.69) is 20.6 Å².